The van der Waals surface area contributed by atoms with Crippen LogP contribution in [-0.2, 0) is 23.1 Å². The second-order valence-electron chi connectivity index (χ2n) is 15.0. The number of allylic oxidation sites excluding steroid dienone is 1. The number of benzene rings is 2. The summed E-state index contributed by atoms with van der Waals surface area (Å²) < 4.78 is 26.1. The highest BCUT2D eigenvalue weighted by Crippen LogP contribution is 2.34. The normalized spacial score (nSPS) is 18.7. The molecule has 1 saturated heterocycles. The van der Waals surface area contributed by atoms with E-state index in [-0.39, 0.29) is 30.6 Å². The average molecular weight is 775 g/mol. The highest BCUT2D eigenvalue weighted by molar-refractivity contribution is 6.08. The molecule has 2 aliphatic heterocycles. The quantitative estimate of drug-likeness (QED) is 0.113. The second-order valence-corrected chi connectivity index (χ2v) is 15.0. The predicted octanol–water partition coefficient (Wildman–Crippen LogP) is 6.68. The average Bonchev–Trinajstić information content (AvgIpc) is 3.69. The lowest BCUT2D eigenvalue weighted by atomic mass is 9.92. The number of carbonyl (C=O) groups excluding carboxylic acids is 2. The van der Waals surface area contributed by atoms with Crippen molar-refractivity contribution in [1.29, 1.82) is 0 Å². The molecular weight excluding hydrogens is 733 g/mol. The number of fused-ring (bicyclic) bond motifs is 4. The standard InChI is InChI=1S/C46H42N6O6/c1-28-19-33(5-4-16-55-17-18-56-34-9-11-37-32(20-34)27-52(46(37)54)41-12-6-29(2)50-45(41)53)48-26-43(28)57-35-22-36(23-35)58-44-13-8-31(24-49-44)30-7-10-38-39-25-47-15-14-40(39)51(3)42(38)21-30/h7-11,13-15,19-21,24-26,35-36,41H,2,6,12,16-18,22-23,27H2,1,3H3,(H,50,53). The van der Waals surface area contributed by atoms with Crippen LogP contribution >= 0.6 is 0 Å². The molecule has 9 rings (SSSR count). The monoisotopic (exact) mass is 774 g/mol. The van der Waals surface area contributed by atoms with Crippen molar-refractivity contribution in [3.63, 3.8) is 0 Å². The van der Waals surface area contributed by atoms with Gasteiger partial charge in [-0.15, -0.1) is 0 Å². The van der Waals surface area contributed by atoms with Crippen molar-refractivity contribution in [2.45, 2.75) is 57.4 Å². The first-order chi connectivity index (χ1) is 28.3. The fraction of sp³-hybridized carbons (Fsp3) is 0.283. The summed E-state index contributed by atoms with van der Waals surface area (Å²) in [6.45, 7) is 7.08. The number of hydrogen-bond donors (Lipinski definition) is 1. The molecule has 2 fully saturated rings. The van der Waals surface area contributed by atoms with Gasteiger partial charge in [0.2, 0.25) is 11.8 Å². The number of aryl methyl sites for hydroxylation is 2. The maximum Gasteiger partial charge on any atom is 0.255 e. The zero-order valence-electron chi connectivity index (χ0n) is 32.4. The van der Waals surface area contributed by atoms with Crippen molar-refractivity contribution in [2.24, 2.45) is 7.05 Å². The smallest absolute Gasteiger partial charge is 0.255 e. The molecule has 12 heteroatoms. The van der Waals surface area contributed by atoms with Gasteiger partial charge in [-0.2, -0.15) is 0 Å². The van der Waals surface area contributed by atoms with E-state index in [4.69, 9.17) is 18.9 Å². The molecule has 2 aromatic carbocycles. The van der Waals surface area contributed by atoms with E-state index in [1.54, 1.807) is 23.2 Å². The van der Waals surface area contributed by atoms with E-state index in [9.17, 15) is 9.59 Å². The molecular formula is C46H42N6O6. The van der Waals surface area contributed by atoms with E-state index in [1.165, 1.54) is 5.39 Å². The van der Waals surface area contributed by atoms with Crippen molar-refractivity contribution >= 4 is 33.6 Å². The molecule has 6 heterocycles. The Balaban J connectivity index is 0.691. The third-order valence-corrected chi connectivity index (χ3v) is 11.1. The van der Waals surface area contributed by atoms with E-state index in [2.05, 4.69) is 74.6 Å². The van der Waals surface area contributed by atoms with E-state index >= 15 is 0 Å². The maximum atomic E-state index is 13.0. The minimum absolute atomic E-state index is 0.0386. The molecule has 1 unspecified atom stereocenters. The summed E-state index contributed by atoms with van der Waals surface area (Å²) in [7, 11) is 2.08. The fourth-order valence-electron chi connectivity index (χ4n) is 7.84. The molecule has 1 atom stereocenters. The number of amides is 2. The van der Waals surface area contributed by atoms with Gasteiger partial charge >= 0.3 is 0 Å². The topological polar surface area (TPSA) is 130 Å². The van der Waals surface area contributed by atoms with Gasteiger partial charge in [0, 0.05) is 84.2 Å². The van der Waals surface area contributed by atoms with Gasteiger partial charge in [0.05, 0.1) is 18.3 Å². The summed E-state index contributed by atoms with van der Waals surface area (Å²) >= 11 is 0. The molecule has 0 bridgehead atoms. The van der Waals surface area contributed by atoms with Crippen LogP contribution in [0, 0.1) is 18.8 Å². The predicted molar refractivity (Wildman–Crippen MR) is 218 cm³/mol. The molecule has 6 aromatic rings. The van der Waals surface area contributed by atoms with E-state index < -0.39 is 6.04 Å². The molecule has 0 spiro atoms. The first-order valence-corrected chi connectivity index (χ1v) is 19.5. The highest BCUT2D eigenvalue weighted by atomic mass is 16.5. The van der Waals surface area contributed by atoms with Gasteiger partial charge in [0.15, 0.2) is 0 Å². The molecule has 1 saturated carbocycles. The van der Waals surface area contributed by atoms with Gasteiger partial charge < -0.3 is 33.7 Å². The summed E-state index contributed by atoms with van der Waals surface area (Å²) in [5.74, 6) is 7.73. The van der Waals surface area contributed by atoms with Gasteiger partial charge in [-0.3, -0.25) is 14.6 Å². The third kappa shape index (κ3) is 7.44. The highest BCUT2D eigenvalue weighted by Gasteiger charge is 2.38. The number of piperidine rings is 1. The van der Waals surface area contributed by atoms with Crippen molar-refractivity contribution in [3.05, 3.63) is 120 Å². The lowest BCUT2D eigenvalue weighted by Crippen LogP contribution is -2.49. The van der Waals surface area contributed by atoms with Crippen LogP contribution in [0.2, 0.25) is 0 Å². The minimum Gasteiger partial charge on any atom is -0.491 e. The molecule has 58 heavy (non-hydrogen) atoms. The first-order valence-electron chi connectivity index (χ1n) is 19.5. The molecule has 1 N–H and O–H groups in total. The van der Waals surface area contributed by atoms with Crippen molar-refractivity contribution < 1.29 is 28.5 Å². The Kier molecular flexibility index (Phi) is 9.97. The number of aromatic nitrogens is 4. The number of rotatable bonds is 11. The number of ether oxygens (including phenoxy) is 4. The van der Waals surface area contributed by atoms with Crippen molar-refractivity contribution in [3.8, 4) is 40.3 Å². The second kappa shape index (κ2) is 15.7. The van der Waals surface area contributed by atoms with E-state index in [0.717, 1.165) is 57.3 Å². The van der Waals surface area contributed by atoms with Crippen LogP contribution < -0.4 is 19.5 Å². The minimum atomic E-state index is -0.491. The molecule has 12 nitrogen and oxygen atoms in total. The fourth-order valence-corrected chi connectivity index (χ4v) is 7.84. The Bertz CT molecular complexity index is 2640. The van der Waals surface area contributed by atoms with Crippen LogP contribution in [0.15, 0.2) is 97.7 Å². The van der Waals surface area contributed by atoms with Crippen molar-refractivity contribution in [2.75, 3.05) is 19.8 Å². The van der Waals surface area contributed by atoms with Gasteiger partial charge in [-0.05, 0) is 84.8 Å². The number of nitrogens with one attached hydrogen (secondary N) is 1. The van der Waals surface area contributed by atoms with Crippen LogP contribution in [0.3, 0.4) is 0 Å². The van der Waals surface area contributed by atoms with Gasteiger partial charge in [0.1, 0.15) is 48.7 Å². The Morgan fingerprint density at radius 1 is 0.897 bits per heavy atom. The third-order valence-electron chi connectivity index (χ3n) is 11.1. The van der Waals surface area contributed by atoms with Crippen molar-refractivity contribution in [1.82, 2.24) is 29.7 Å². The van der Waals surface area contributed by atoms with Crippen LogP contribution in [0.5, 0.6) is 17.4 Å². The number of pyridine rings is 3. The Morgan fingerprint density at radius 2 is 1.76 bits per heavy atom. The number of carbonyl (C=O) groups is 2. The first kappa shape index (κ1) is 36.9. The lowest BCUT2D eigenvalue weighted by molar-refractivity contribution is -0.126. The van der Waals surface area contributed by atoms with Crippen LogP contribution in [0.25, 0.3) is 32.9 Å². The molecule has 0 radical (unpaired) electrons. The summed E-state index contributed by atoms with van der Waals surface area (Å²) in [6.07, 6.45) is 10.2. The largest absolute Gasteiger partial charge is 0.491 e. The van der Waals surface area contributed by atoms with E-state index in [1.807, 2.05) is 49.8 Å². The van der Waals surface area contributed by atoms with Gasteiger partial charge in [-0.1, -0.05) is 24.6 Å². The molecule has 2 amide bonds. The summed E-state index contributed by atoms with van der Waals surface area (Å²) in [4.78, 5) is 40.4. The number of hydrogen-bond acceptors (Lipinski definition) is 9. The van der Waals surface area contributed by atoms with E-state index in [0.29, 0.717) is 61.2 Å². The molecule has 3 aliphatic rings. The Morgan fingerprint density at radius 3 is 2.59 bits per heavy atom. The summed E-state index contributed by atoms with van der Waals surface area (Å²) in [6, 6.07) is 19.3. The van der Waals surface area contributed by atoms with Crippen LogP contribution in [0.1, 0.15) is 52.9 Å². The zero-order valence-corrected chi connectivity index (χ0v) is 32.4. The van der Waals surface area contributed by atoms with Gasteiger partial charge in [0.25, 0.3) is 5.91 Å². The summed E-state index contributed by atoms with van der Waals surface area (Å²) in [5.41, 5.74) is 8.17. The van der Waals surface area contributed by atoms with Crippen LogP contribution in [-0.4, -0.2) is 74.3 Å². The Hall–Kier alpha value is -6.71. The molecule has 4 aromatic heterocycles. The Labute approximate surface area is 335 Å². The molecule has 1 aliphatic carbocycles. The maximum absolute atomic E-state index is 13.0. The summed E-state index contributed by atoms with van der Waals surface area (Å²) in [5, 5.41) is 5.10. The van der Waals surface area contributed by atoms with Gasteiger partial charge in [-0.25, -0.2) is 9.97 Å². The lowest BCUT2D eigenvalue weighted by Gasteiger charge is -2.35. The molecule has 292 valence electrons. The van der Waals surface area contributed by atoms with Crippen LogP contribution in [0.4, 0.5) is 0 Å². The zero-order chi connectivity index (χ0) is 39.8. The SMILES string of the molecule is C=C1CCC(N2Cc3cc(OCCOCC#Cc4cc(C)c(OC5CC(Oc6ccc(-c7ccc8c9cnccc9n(C)c8c7)cn6)C5)cn4)ccc3C2=O)C(=O)N1. The number of nitrogens with zero attached hydrogens (tertiary/aromatic N) is 5.